The lowest BCUT2D eigenvalue weighted by atomic mass is 10.1. The lowest BCUT2D eigenvalue weighted by molar-refractivity contribution is -0.152. The third-order valence-corrected chi connectivity index (χ3v) is 11.9. The predicted molar refractivity (Wildman–Crippen MR) is 276 cm³/mol. The topological polar surface area (TPSA) is 40.2 Å². The van der Waals surface area contributed by atoms with Crippen molar-refractivity contribution in [3.8, 4) is 0 Å². The fourth-order valence-electron chi connectivity index (χ4n) is 8.19. The Balaban J connectivity index is -0.00000619. The summed E-state index contributed by atoms with van der Waals surface area (Å²) < 4.78 is 0. The van der Waals surface area contributed by atoms with Gasteiger partial charge in [0.2, 0.25) is 0 Å². The molecule has 0 amide bonds. The maximum Gasteiger partial charge on any atom is 0.0721 e. The Morgan fingerprint density at radius 1 is 0.350 bits per heavy atom. The summed E-state index contributed by atoms with van der Waals surface area (Å²) in [6.07, 6.45) is 49.2. The van der Waals surface area contributed by atoms with Crippen LogP contribution >= 0.6 is 12.6 Å². The van der Waals surface area contributed by atoms with Crippen LogP contribution < -0.4 is 5.64 Å². The average molecular weight is 874 g/mol. The van der Waals surface area contributed by atoms with Crippen LogP contribution in [0.5, 0.6) is 0 Å². The van der Waals surface area contributed by atoms with Crippen LogP contribution in [0, 0.1) is 0 Å². The van der Waals surface area contributed by atoms with Gasteiger partial charge in [0, 0.05) is 6.54 Å². The molecule has 7 heteroatoms. The molecule has 0 fully saturated rings. The Labute approximate surface area is 386 Å². The highest BCUT2D eigenvalue weighted by Gasteiger charge is 2.09. The maximum atomic E-state index is 5.36. The molecule has 0 spiro atoms. The molecule has 0 unspecified atom stereocenters. The maximum absolute atomic E-state index is 5.36. The third kappa shape index (κ3) is 58.1. The lowest BCUT2D eigenvalue weighted by Gasteiger charge is -2.26. The Morgan fingerprint density at radius 2 is 0.583 bits per heavy atom. The molecule has 0 saturated heterocycles. The molecule has 0 bridgehead atoms. The van der Waals surface area contributed by atoms with E-state index in [0.29, 0.717) is 6.61 Å². The first kappa shape index (κ1) is 64.4. The van der Waals surface area contributed by atoms with Crippen LogP contribution in [0.1, 0.15) is 266 Å². The van der Waals surface area contributed by atoms with Gasteiger partial charge < -0.3 is 14.7 Å². The van der Waals surface area contributed by atoms with Crippen molar-refractivity contribution in [2.24, 2.45) is 0 Å². The summed E-state index contributed by atoms with van der Waals surface area (Å²) in [5.74, 6) is 0.944. The van der Waals surface area contributed by atoms with Gasteiger partial charge in [-0.3, -0.25) is 9.68 Å². The first-order chi connectivity index (χ1) is 29.6. The van der Waals surface area contributed by atoms with Crippen molar-refractivity contribution < 1.29 is 9.68 Å². The summed E-state index contributed by atoms with van der Waals surface area (Å²) >= 11 is 3.79. The molecule has 0 aliphatic heterocycles. The number of hydrogen-bond donors (Lipinski definition) is 2. The van der Waals surface area contributed by atoms with Crippen molar-refractivity contribution in [3.63, 3.8) is 0 Å². The second-order valence-electron chi connectivity index (χ2n) is 17.8. The summed E-state index contributed by atoms with van der Waals surface area (Å²) in [7, 11) is 3.96. The molecular weight excluding hydrogens is 757 g/mol. The average Bonchev–Trinajstić information content (AvgIpc) is 3.25. The van der Waals surface area contributed by atoms with Crippen LogP contribution in [0.4, 0.5) is 0 Å². The molecule has 0 heterocycles. The minimum Gasteiger partial charge on any atom is -0.306 e. The van der Waals surface area contributed by atoms with Crippen LogP contribution in [0.25, 0.3) is 0 Å². The van der Waals surface area contributed by atoms with Gasteiger partial charge in [0.25, 0.3) is 0 Å². The third-order valence-electron chi connectivity index (χ3n) is 11.9. The van der Waals surface area contributed by atoms with E-state index in [0.717, 1.165) is 18.7 Å². The summed E-state index contributed by atoms with van der Waals surface area (Å²) in [4.78, 5) is 18.3. The number of unbranched alkanes of at least 4 members (excludes halogenated alkanes) is 29. The predicted octanol–water partition coefficient (Wildman–Crippen LogP) is 16.3. The zero-order valence-corrected chi connectivity index (χ0v) is 43.8. The molecule has 0 aromatic rings. The molecule has 1 N–H and O–H groups in total. The fourth-order valence-corrected chi connectivity index (χ4v) is 8.19. The van der Waals surface area contributed by atoms with Gasteiger partial charge in [0.1, 0.15) is 0 Å². The second-order valence-corrected chi connectivity index (χ2v) is 18.4. The molecule has 366 valence electrons. The van der Waals surface area contributed by atoms with Crippen molar-refractivity contribution in [1.29, 1.82) is 0 Å². The Kier molecular flexibility index (Phi) is 65.7. The van der Waals surface area contributed by atoms with E-state index in [1.807, 2.05) is 20.8 Å². The number of nitrogens with zero attached hydrogens (tertiary/aromatic N) is 3. The van der Waals surface area contributed by atoms with E-state index in [1.54, 1.807) is 7.11 Å². The van der Waals surface area contributed by atoms with Crippen LogP contribution in [-0.4, -0.2) is 93.6 Å². The van der Waals surface area contributed by atoms with Crippen LogP contribution in [0.15, 0.2) is 0 Å². The normalized spacial score (nSPS) is 11.4. The van der Waals surface area contributed by atoms with Crippen LogP contribution in [0.2, 0.25) is 0 Å². The Morgan fingerprint density at radius 3 is 0.850 bits per heavy atom. The van der Waals surface area contributed by atoms with Gasteiger partial charge in [-0.15, -0.1) is 0 Å². The molecule has 0 aromatic carbocycles. The van der Waals surface area contributed by atoms with Crippen molar-refractivity contribution in [1.82, 2.24) is 20.3 Å². The van der Waals surface area contributed by atoms with E-state index in [1.165, 1.54) is 264 Å². The molecule has 0 aromatic heterocycles. The molecule has 0 aliphatic rings. The highest BCUT2D eigenvalue weighted by Crippen LogP contribution is 2.15. The van der Waals surface area contributed by atoms with E-state index in [9.17, 15) is 0 Å². The summed E-state index contributed by atoms with van der Waals surface area (Å²) in [5, 5.41) is 0. The lowest BCUT2D eigenvalue weighted by Crippen LogP contribution is -2.33. The number of nitrogens with one attached hydrogen (secondary N) is 1. The molecule has 0 radical (unpaired) electrons. The van der Waals surface area contributed by atoms with E-state index >= 15 is 0 Å². The minimum atomic E-state index is 0.692. The Bertz CT molecular complexity index is 680. The standard InChI is InChI=1S/C49H104N4O2.C2H6S.C2H6/c1-6-9-12-15-18-21-24-27-30-32-35-43-52(44-36-33-31-28-25-22-19-16-13-10-7-2)46-38-41-51(4)42-39-47-53(48-40-49-55-50-54-5)45-37-34-29-26-23-20-17-14-11-8-3;1-2-3;1-2/h50H,6-49H2,1-5H3;3H,2H2,1H3;1-2H3. The molecule has 60 heavy (non-hydrogen) atoms. The minimum absolute atomic E-state index is 0.692. The highest BCUT2D eigenvalue weighted by atomic mass is 32.1. The monoisotopic (exact) mass is 873 g/mol. The summed E-state index contributed by atoms with van der Waals surface area (Å²) in [6, 6.07) is 0. The molecular formula is C53H116N4O2S. The first-order valence-corrected chi connectivity index (χ1v) is 27.9. The zero-order chi connectivity index (χ0) is 44.7. The fraction of sp³-hybridized carbons (Fsp3) is 1.00. The number of rotatable bonds is 49. The second kappa shape index (κ2) is 61.2. The van der Waals surface area contributed by atoms with Crippen molar-refractivity contribution >= 4 is 12.6 Å². The molecule has 0 rings (SSSR count). The Hall–Kier alpha value is 0.110. The van der Waals surface area contributed by atoms with Gasteiger partial charge in [-0.05, 0) is 97.1 Å². The zero-order valence-electron chi connectivity index (χ0n) is 42.9. The first-order valence-electron chi connectivity index (χ1n) is 27.2. The van der Waals surface area contributed by atoms with Crippen LogP contribution in [-0.2, 0) is 9.68 Å². The van der Waals surface area contributed by atoms with Gasteiger partial charge in [-0.25, -0.2) is 0 Å². The largest absolute Gasteiger partial charge is 0.306 e. The molecule has 0 saturated carbocycles. The van der Waals surface area contributed by atoms with Crippen LogP contribution in [0.3, 0.4) is 0 Å². The van der Waals surface area contributed by atoms with Crippen molar-refractivity contribution in [2.75, 3.05) is 78.9 Å². The smallest absolute Gasteiger partial charge is 0.0721 e. The number of hydrogen-bond acceptors (Lipinski definition) is 7. The SMILES string of the molecule is CC.CCCCCCCCCCCCCN(CCCCCCCCCCCCC)CCCN(C)CCCN(CCCCCCCCCCCC)CCCONOC.CCS. The van der Waals surface area contributed by atoms with Gasteiger partial charge in [0.05, 0.1) is 13.7 Å². The van der Waals surface area contributed by atoms with Gasteiger partial charge in [-0.2, -0.15) is 12.6 Å². The van der Waals surface area contributed by atoms with E-state index < -0.39 is 0 Å². The summed E-state index contributed by atoms with van der Waals surface area (Å²) in [6.45, 7) is 23.5. The number of thiol groups is 1. The van der Waals surface area contributed by atoms with Gasteiger partial charge in [0.15, 0.2) is 0 Å². The van der Waals surface area contributed by atoms with Gasteiger partial charge >= 0.3 is 0 Å². The van der Waals surface area contributed by atoms with E-state index in [2.05, 4.69) is 60.8 Å². The molecule has 0 atom stereocenters. The van der Waals surface area contributed by atoms with E-state index in [-0.39, 0.29) is 0 Å². The quantitative estimate of drug-likeness (QED) is 0.0361. The van der Waals surface area contributed by atoms with Gasteiger partial charge in [-0.1, -0.05) is 233 Å². The summed E-state index contributed by atoms with van der Waals surface area (Å²) in [5.41, 5.74) is 2.53. The molecule has 0 aliphatic carbocycles. The van der Waals surface area contributed by atoms with E-state index in [4.69, 9.17) is 9.68 Å². The van der Waals surface area contributed by atoms with Crippen molar-refractivity contribution in [2.45, 2.75) is 266 Å². The molecule has 6 nitrogen and oxygen atoms in total. The highest BCUT2D eigenvalue weighted by molar-refractivity contribution is 7.80. The van der Waals surface area contributed by atoms with Crippen molar-refractivity contribution in [3.05, 3.63) is 0 Å².